The minimum atomic E-state index is -0.371. The van der Waals surface area contributed by atoms with Crippen molar-refractivity contribution < 1.29 is 14.4 Å². The van der Waals surface area contributed by atoms with Gasteiger partial charge in [0.25, 0.3) is 17.7 Å². The Balaban J connectivity index is 1.65. The van der Waals surface area contributed by atoms with E-state index in [1.165, 1.54) is 4.90 Å². The Hall–Kier alpha value is -2.95. The summed E-state index contributed by atoms with van der Waals surface area (Å²) in [5.74, 6) is -0.764. The van der Waals surface area contributed by atoms with Crippen LogP contribution in [0.3, 0.4) is 0 Å². The lowest BCUT2D eigenvalue weighted by atomic mass is 9.98. The largest absolute Gasteiger partial charge is 0.336 e. The topological polar surface area (TPSA) is 57.7 Å². The number of carbonyl (C=O) groups excluding carboxylic acids is 3. The average molecular weight is 376 g/mol. The van der Waals surface area contributed by atoms with E-state index >= 15 is 0 Å². The lowest BCUT2D eigenvalue weighted by molar-refractivity contribution is 0.0607. The highest BCUT2D eigenvalue weighted by molar-refractivity contribution is 6.34. The van der Waals surface area contributed by atoms with E-state index in [9.17, 15) is 14.4 Å². The fourth-order valence-electron chi connectivity index (χ4n) is 4.16. The Labute approximate surface area is 164 Å². The molecule has 2 heterocycles. The molecule has 0 aliphatic carbocycles. The molecule has 4 rings (SSSR count). The van der Waals surface area contributed by atoms with Crippen LogP contribution in [0.1, 0.15) is 69.2 Å². The third-order valence-corrected chi connectivity index (χ3v) is 5.78. The predicted octanol–water partition coefficient (Wildman–Crippen LogP) is 4.20. The number of likely N-dealkylation sites (tertiary alicyclic amines) is 1. The molecule has 1 saturated heterocycles. The number of rotatable bonds is 3. The van der Waals surface area contributed by atoms with Gasteiger partial charge in [-0.1, -0.05) is 24.6 Å². The molecular weight excluding hydrogens is 352 g/mol. The molecule has 2 aromatic carbocycles. The van der Waals surface area contributed by atoms with Crippen molar-refractivity contribution in [3.05, 3.63) is 64.7 Å². The first-order valence-corrected chi connectivity index (χ1v) is 9.91. The fourth-order valence-corrected chi connectivity index (χ4v) is 4.16. The summed E-state index contributed by atoms with van der Waals surface area (Å²) in [4.78, 5) is 41.9. The van der Waals surface area contributed by atoms with Crippen molar-refractivity contribution >= 4 is 23.4 Å². The second-order valence-electron chi connectivity index (χ2n) is 7.60. The van der Waals surface area contributed by atoms with E-state index in [0.717, 1.165) is 37.8 Å². The van der Waals surface area contributed by atoms with Gasteiger partial charge in [-0.15, -0.1) is 0 Å². The lowest BCUT2D eigenvalue weighted by Gasteiger charge is -2.35. The maximum absolute atomic E-state index is 13.1. The number of aryl methyl sites for hydroxylation is 1. The smallest absolute Gasteiger partial charge is 0.266 e. The van der Waals surface area contributed by atoms with Crippen LogP contribution >= 0.6 is 0 Å². The van der Waals surface area contributed by atoms with Crippen LogP contribution in [-0.4, -0.2) is 35.2 Å². The predicted molar refractivity (Wildman–Crippen MR) is 108 cm³/mol. The van der Waals surface area contributed by atoms with Gasteiger partial charge in [-0.05, 0) is 62.9 Å². The number of piperidine rings is 1. The summed E-state index contributed by atoms with van der Waals surface area (Å²) >= 11 is 0. The van der Waals surface area contributed by atoms with Crippen LogP contribution in [0, 0.1) is 6.92 Å². The van der Waals surface area contributed by atoms with Gasteiger partial charge < -0.3 is 4.90 Å². The van der Waals surface area contributed by atoms with E-state index in [2.05, 4.69) is 6.92 Å². The second-order valence-corrected chi connectivity index (χ2v) is 7.60. The molecule has 28 heavy (non-hydrogen) atoms. The minimum Gasteiger partial charge on any atom is -0.336 e. The van der Waals surface area contributed by atoms with Crippen LogP contribution in [0.25, 0.3) is 0 Å². The number of benzene rings is 2. The van der Waals surface area contributed by atoms with Crippen molar-refractivity contribution in [2.45, 2.75) is 45.6 Å². The van der Waals surface area contributed by atoms with Crippen LogP contribution in [0.5, 0.6) is 0 Å². The van der Waals surface area contributed by atoms with Crippen molar-refractivity contribution in [1.29, 1.82) is 0 Å². The SMILES string of the molecule is CC[C@H]1CCCCN1C(=O)c1ccc2c(c1)C(=O)N(c1ccc(C)cc1)C2=O. The van der Waals surface area contributed by atoms with Crippen LogP contribution in [0.15, 0.2) is 42.5 Å². The average Bonchev–Trinajstić information content (AvgIpc) is 2.98. The van der Waals surface area contributed by atoms with Crippen LogP contribution in [0.2, 0.25) is 0 Å². The maximum Gasteiger partial charge on any atom is 0.266 e. The molecule has 0 bridgehead atoms. The van der Waals surface area contributed by atoms with Gasteiger partial charge in [0.2, 0.25) is 0 Å². The Bertz CT molecular complexity index is 949. The highest BCUT2D eigenvalue weighted by atomic mass is 16.2. The molecule has 0 unspecified atom stereocenters. The summed E-state index contributed by atoms with van der Waals surface area (Å²) in [7, 11) is 0. The summed E-state index contributed by atoms with van der Waals surface area (Å²) in [6.45, 7) is 4.80. The van der Waals surface area contributed by atoms with Crippen molar-refractivity contribution in [1.82, 2.24) is 4.90 Å². The third kappa shape index (κ3) is 3.01. The molecule has 0 N–H and O–H groups in total. The molecule has 0 aromatic heterocycles. The third-order valence-electron chi connectivity index (χ3n) is 5.78. The van der Waals surface area contributed by atoms with Gasteiger partial charge in [-0.3, -0.25) is 14.4 Å². The van der Waals surface area contributed by atoms with Gasteiger partial charge in [0.15, 0.2) is 0 Å². The number of hydrogen-bond donors (Lipinski definition) is 0. The summed E-state index contributed by atoms with van der Waals surface area (Å²) in [5.41, 5.74) is 2.74. The molecule has 0 radical (unpaired) electrons. The van der Waals surface area contributed by atoms with E-state index in [0.29, 0.717) is 22.4 Å². The van der Waals surface area contributed by atoms with Gasteiger partial charge >= 0.3 is 0 Å². The van der Waals surface area contributed by atoms with Gasteiger partial charge in [0.05, 0.1) is 16.8 Å². The van der Waals surface area contributed by atoms with E-state index < -0.39 is 0 Å². The van der Waals surface area contributed by atoms with E-state index in [-0.39, 0.29) is 23.8 Å². The highest BCUT2D eigenvalue weighted by Gasteiger charge is 2.37. The zero-order chi connectivity index (χ0) is 19.8. The Morgan fingerprint density at radius 3 is 2.43 bits per heavy atom. The van der Waals surface area contributed by atoms with Gasteiger partial charge in [0, 0.05) is 18.2 Å². The molecule has 0 spiro atoms. The first kappa shape index (κ1) is 18.4. The number of fused-ring (bicyclic) bond motifs is 1. The molecule has 2 aliphatic heterocycles. The summed E-state index contributed by atoms with van der Waals surface area (Å²) in [5, 5.41) is 0. The van der Waals surface area contributed by atoms with Crippen LogP contribution in [0.4, 0.5) is 5.69 Å². The normalized spacial score (nSPS) is 19.1. The molecule has 1 atom stereocenters. The quantitative estimate of drug-likeness (QED) is 0.755. The standard InChI is InChI=1S/C23H24N2O3/c1-3-17-6-4-5-13-24(17)21(26)16-9-12-19-20(14-16)23(28)25(22(19)27)18-10-7-15(2)8-11-18/h7-12,14,17H,3-6,13H2,1-2H3/t17-/m0/s1. The number of amides is 3. The molecule has 0 saturated carbocycles. The van der Waals surface area contributed by atoms with Crippen molar-refractivity contribution in [2.75, 3.05) is 11.4 Å². The van der Waals surface area contributed by atoms with Crippen LogP contribution < -0.4 is 4.90 Å². The second kappa shape index (κ2) is 7.23. The maximum atomic E-state index is 13.1. The van der Waals surface area contributed by atoms with Gasteiger partial charge in [-0.2, -0.15) is 0 Å². The number of imide groups is 1. The minimum absolute atomic E-state index is 0.0524. The molecule has 5 nitrogen and oxygen atoms in total. The summed E-state index contributed by atoms with van der Waals surface area (Å²) in [6, 6.07) is 12.4. The molecule has 2 aliphatic rings. The monoisotopic (exact) mass is 376 g/mol. The van der Waals surface area contributed by atoms with Crippen LogP contribution in [-0.2, 0) is 0 Å². The molecule has 3 amide bonds. The van der Waals surface area contributed by atoms with E-state index in [4.69, 9.17) is 0 Å². The Morgan fingerprint density at radius 1 is 1.00 bits per heavy atom. The summed E-state index contributed by atoms with van der Waals surface area (Å²) in [6.07, 6.45) is 4.10. The summed E-state index contributed by atoms with van der Waals surface area (Å²) < 4.78 is 0. The Kier molecular flexibility index (Phi) is 4.75. The fraction of sp³-hybridized carbons (Fsp3) is 0.348. The molecule has 2 aromatic rings. The Morgan fingerprint density at radius 2 is 1.71 bits per heavy atom. The van der Waals surface area contributed by atoms with Gasteiger partial charge in [0.1, 0.15) is 0 Å². The lowest BCUT2D eigenvalue weighted by Crippen LogP contribution is -2.43. The van der Waals surface area contributed by atoms with E-state index in [1.807, 2.05) is 24.0 Å². The number of hydrogen-bond acceptors (Lipinski definition) is 3. The van der Waals surface area contributed by atoms with E-state index in [1.54, 1.807) is 30.3 Å². The first-order chi connectivity index (χ1) is 13.5. The zero-order valence-corrected chi connectivity index (χ0v) is 16.3. The van der Waals surface area contributed by atoms with Crippen molar-refractivity contribution in [2.24, 2.45) is 0 Å². The molecule has 1 fully saturated rings. The zero-order valence-electron chi connectivity index (χ0n) is 16.3. The first-order valence-electron chi connectivity index (χ1n) is 9.91. The number of nitrogens with zero attached hydrogens (tertiary/aromatic N) is 2. The van der Waals surface area contributed by atoms with Crippen molar-refractivity contribution in [3.8, 4) is 0 Å². The number of anilines is 1. The molecule has 5 heteroatoms. The number of carbonyl (C=O) groups is 3. The van der Waals surface area contributed by atoms with Gasteiger partial charge in [-0.25, -0.2) is 4.90 Å². The highest BCUT2D eigenvalue weighted by Crippen LogP contribution is 2.30. The van der Waals surface area contributed by atoms with Crippen molar-refractivity contribution in [3.63, 3.8) is 0 Å². The molecular formula is C23H24N2O3. The molecule has 144 valence electrons.